The van der Waals surface area contributed by atoms with E-state index in [2.05, 4.69) is 35.1 Å². The highest BCUT2D eigenvalue weighted by atomic mass is 19.4. The number of ether oxygens (including phenoxy) is 2. The van der Waals surface area contributed by atoms with Crippen LogP contribution in [-0.2, 0) is 4.79 Å². The van der Waals surface area contributed by atoms with Gasteiger partial charge in [-0.25, -0.2) is 0 Å². The van der Waals surface area contributed by atoms with E-state index in [0.29, 0.717) is 54.7 Å². The molecule has 0 unspecified atom stereocenters. The molecule has 4 heterocycles. The number of rotatable bonds is 8. The number of aromatic nitrogens is 4. The highest BCUT2D eigenvalue weighted by Crippen LogP contribution is 2.40. The summed E-state index contributed by atoms with van der Waals surface area (Å²) in [5.41, 5.74) is 1.51. The first kappa shape index (κ1) is 25.0. The average Bonchev–Trinajstić information content (AvgIpc) is 3.28. The smallest absolute Gasteiger partial charge is 0.486 e. The molecule has 11 nitrogen and oxygen atoms in total. The van der Waals surface area contributed by atoms with E-state index in [1.165, 1.54) is 22.7 Å². The van der Waals surface area contributed by atoms with Crippen molar-refractivity contribution >= 4 is 23.4 Å². The lowest BCUT2D eigenvalue weighted by atomic mass is 10.2. The first-order valence-corrected chi connectivity index (χ1v) is 11.9. The van der Waals surface area contributed by atoms with Crippen LogP contribution in [0.1, 0.15) is 0 Å². The van der Waals surface area contributed by atoms with Gasteiger partial charge in [0.05, 0.1) is 13.1 Å². The Morgan fingerprint density at radius 3 is 2.68 bits per heavy atom. The number of likely N-dealkylation sites (N-methyl/N-ethyl adjacent to an activating group) is 1. The second-order valence-corrected chi connectivity index (χ2v) is 8.87. The molecule has 0 bridgehead atoms. The van der Waals surface area contributed by atoms with E-state index in [1.807, 2.05) is 11.9 Å². The van der Waals surface area contributed by atoms with Crippen molar-refractivity contribution in [3.05, 3.63) is 24.3 Å². The van der Waals surface area contributed by atoms with Gasteiger partial charge in [-0.1, -0.05) is 12.1 Å². The Morgan fingerprint density at radius 2 is 1.92 bits per heavy atom. The molecule has 0 amide bonds. The highest BCUT2D eigenvalue weighted by molar-refractivity contribution is 5.83. The number of carbonyl (C=O) groups is 1. The number of fused-ring (bicyclic) bond motifs is 3. The van der Waals surface area contributed by atoms with Crippen LogP contribution in [0, 0.1) is 0 Å². The summed E-state index contributed by atoms with van der Waals surface area (Å²) in [4.78, 5) is 17.2. The van der Waals surface area contributed by atoms with Gasteiger partial charge in [0.1, 0.15) is 24.3 Å². The number of benzene rings is 1. The molecule has 0 atom stereocenters. The molecule has 0 spiro atoms. The summed E-state index contributed by atoms with van der Waals surface area (Å²) < 4.78 is 49.8. The molecular formula is C23H27F3N8O3. The average molecular weight is 521 g/mol. The minimum absolute atomic E-state index is 0.277. The van der Waals surface area contributed by atoms with E-state index in [1.54, 1.807) is 6.07 Å². The molecule has 0 aliphatic carbocycles. The van der Waals surface area contributed by atoms with Crippen LogP contribution in [0.3, 0.4) is 0 Å². The van der Waals surface area contributed by atoms with Crippen molar-refractivity contribution in [3.8, 4) is 22.9 Å². The lowest BCUT2D eigenvalue weighted by Crippen LogP contribution is -2.48. The summed E-state index contributed by atoms with van der Waals surface area (Å²) in [7, 11) is 1.91. The fraction of sp³-hybridized carbons (Fsp3) is 0.478. The second kappa shape index (κ2) is 10.4. The molecule has 198 valence electrons. The molecule has 0 saturated carbocycles. The Balaban J connectivity index is 1.41. The zero-order valence-electron chi connectivity index (χ0n) is 20.2. The van der Waals surface area contributed by atoms with Gasteiger partial charge in [-0.2, -0.15) is 4.52 Å². The topological polar surface area (TPSA) is 100 Å². The van der Waals surface area contributed by atoms with E-state index in [9.17, 15) is 18.0 Å². The Kier molecular flexibility index (Phi) is 7.02. The van der Waals surface area contributed by atoms with Crippen molar-refractivity contribution in [2.45, 2.75) is 6.36 Å². The minimum atomic E-state index is -4.80. The summed E-state index contributed by atoms with van der Waals surface area (Å²) >= 11 is 0. The molecule has 5 rings (SSSR count). The zero-order chi connectivity index (χ0) is 26.0. The zero-order valence-corrected chi connectivity index (χ0v) is 20.2. The lowest BCUT2D eigenvalue weighted by molar-refractivity contribution is -0.274. The normalized spacial score (nSPS) is 16.9. The van der Waals surface area contributed by atoms with E-state index in [0.717, 1.165) is 39.0 Å². The van der Waals surface area contributed by atoms with Crippen LogP contribution < -0.4 is 19.7 Å². The molecule has 37 heavy (non-hydrogen) atoms. The number of nitrogens with zero attached hydrogens (tertiary/aromatic N) is 7. The summed E-state index contributed by atoms with van der Waals surface area (Å²) in [6.07, 6.45) is -3.88. The van der Waals surface area contributed by atoms with Gasteiger partial charge in [0.15, 0.2) is 17.4 Å². The van der Waals surface area contributed by atoms with Gasteiger partial charge >= 0.3 is 6.36 Å². The Bertz CT molecular complexity index is 1260. The van der Waals surface area contributed by atoms with E-state index in [4.69, 9.17) is 4.74 Å². The fourth-order valence-electron chi connectivity index (χ4n) is 4.52. The number of hydrogen-bond donors (Lipinski definition) is 1. The predicted molar refractivity (Wildman–Crippen MR) is 129 cm³/mol. The maximum absolute atomic E-state index is 12.7. The number of hydrogen-bond acceptors (Lipinski definition) is 10. The quantitative estimate of drug-likeness (QED) is 0.442. The van der Waals surface area contributed by atoms with Crippen LogP contribution in [0.15, 0.2) is 24.3 Å². The molecule has 1 fully saturated rings. The maximum Gasteiger partial charge on any atom is 0.573 e. The Labute approximate surface area is 210 Å². The number of alkyl halides is 3. The first-order chi connectivity index (χ1) is 17.8. The molecule has 2 aromatic heterocycles. The van der Waals surface area contributed by atoms with Gasteiger partial charge in [-0.15, -0.1) is 28.5 Å². The second-order valence-electron chi connectivity index (χ2n) is 8.87. The highest BCUT2D eigenvalue weighted by Gasteiger charge is 2.32. The summed E-state index contributed by atoms with van der Waals surface area (Å²) in [6, 6.07) is 5.56. The molecule has 1 N–H and O–H groups in total. The minimum Gasteiger partial charge on any atom is -0.486 e. The van der Waals surface area contributed by atoms with Crippen molar-refractivity contribution in [3.63, 3.8) is 0 Å². The number of carbonyl (C=O) groups excluding carboxylic acids is 1. The standard InChI is InChI=1S/C23H27F3N8O3/c1-31-12-14-36-19-18(31)22-29-28-21(16-3-2-4-17(15-16)37-23(24,25)26)34(22)30-20(19)27-5-6-32-7-9-33(10-8-32)11-13-35/h2-4,13,15H,5-12,14H2,1H3,(H,27,30). The molecule has 0 radical (unpaired) electrons. The SMILES string of the molecule is CN1CCOc2c(NCCN3CCN(CC=O)CC3)nn3c(-c4cccc(OC(F)(F)F)c4)nnc3c21. The van der Waals surface area contributed by atoms with Gasteiger partial charge in [0, 0.05) is 51.9 Å². The number of halogens is 3. The third-order valence-corrected chi connectivity index (χ3v) is 6.38. The van der Waals surface area contributed by atoms with Gasteiger partial charge in [-0.3, -0.25) is 9.80 Å². The number of aldehydes is 1. The molecule has 1 saturated heterocycles. The van der Waals surface area contributed by atoms with Gasteiger partial charge in [-0.05, 0) is 12.1 Å². The van der Waals surface area contributed by atoms with Crippen LogP contribution in [0.25, 0.3) is 17.0 Å². The van der Waals surface area contributed by atoms with Crippen LogP contribution in [0.5, 0.6) is 11.5 Å². The van der Waals surface area contributed by atoms with Crippen LogP contribution in [0.2, 0.25) is 0 Å². The number of anilines is 2. The first-order valence-electron chi connectivity index (χ1n) is 11.9. The molecule has 2 aliphatic rings. The summed E-state index contributed by atoms with van der Waals surface area (Å²) in [5.74, 6) is 0.980. The van der Waals surface area contributed by atoms with Crippen LogP contribution >= 0.6 is 0 Å². The van der Waals surface area contributed by atoms with Crippen molar-refractivity contribution in [2.75, 3.05) is 76.2 Å². The third kappa shape index (κ3) is 5.54. The predicted octanol–water partition coefficient (Wildman–Crippen LogP) is 1.75. The molecule has 2 aliphatic heterocycles. The monoisotopic (exact) mass is 520 g/mol. The number of nitrogens with one attached hydrogen (secondary N) is 1. The lowest BCUT2D eigenvalue weighted by Gasteiger charge is -2.33. The summed E-state index contributed by atoms with van der Waals surface area (Å²) in [5, 5.41) is 16.5. The third-order valence-electron chi connectivity index (χ3n) is 6.38. The Hall–Kier alpha value is -3.65. The van der Waals surface area contributed by atoms with Crippen molar-refractivity contribution < 1.29 is 27.4 Å². The molecule has 14 heteroatoms. The van der Waals surface area contributed by atoms with Crippen molar-refractivity contribution in [1.29, 1.82) is 0 Å². The Morgan fingerprint density at radius 1 is 1.14 bits per heavy atom. The largest absolute Gasteiger partial charge is 0.573 e. The summed E-state index contributed by atoms with van der Waals surface area (Å²) in [6.45, 7) is 6.35. The van der Waals surface area contributed by atoms with E-state index < -0.39 is 6.36 Å². The van der Waals surface area contributed by atoms with Crippen molar-refractivity contribution in [2.24, 2.45) is 0 Å². The van der Waals surface area contributed by atoms with E-state index in [-0.39, 0.29) is 11.6 Å². The molecular weight excluding hydrogens is 493 g/mol. The number of piperazine rings is 1. The molecule has 3 aromatic rings. The molecule has 1 aromatic carbocycles. The fourth-order valence-corrected chi connectivity index (χ4v) is 4.52. The van der Waals surface area contributed by atoms with Crippen molar-refractivity contribution in [1.82, 2.24) is 29.6 Å². The van der Waals surface area contributed by atoms with E-state index >= 15 is 0 Å². The van der Waals surface area contributed by atoms with Crippen LogP contribution in [0.4, 0.5) is 24.7 Å². The van der Waals surface area contributed by atoms with Gasteiger partial charge < -0.3 is 24.5 Å². The van der Waals surface area contributed by atoms with Crippen LogP contribution in [-0.4, -0.2) is 108 Å². The maximum atomic E-state index is 12.7. The van der Waals surface area contributed by atoms with Gasteiger partial charge in [0.2, 0.25) is 5.65 Å². The van der Waals surface area contributed by atoms with Gasteiger partial charge in [0.25, 0.3) is 0 Å².